The van der Waals surface area contributed by atoms with Crippen LogP contribution in [0.25, 0.3) is 22.0 Å². The Labute approximate surface area is 125 Å². The maximum absolute atomic E-state index is 4.76. The number of aromatic nitrogens is 3. The number of anilines is 2. The van der Waals surface area contributed by atoms with E-state index >= 15 is 0 Å². The lowest BCUT2D eigenvalue weighted by Gasteiger charge is -2.09. The third-order valence-electron chi connectivity index (χ3n) is 3.29. The normalized spacial score (nSPS) is 10.9. The number of thiophene rings is 1. The highest BCUT2D eigenvalue weighted by molar-refractivity contribution is 7.08. The topological polar surface area (TPSA) is 53.6 Å². The Balaban J connectivity index is 1.89. The van der Waals surface area contributed by atoms with E-state index in [1.54, 1.807) is 17.5 Å². The Morgan fingerprint density at radius 2 is 2.00 bits per heavy atom. The highest BCUT2D eigenvalue weighted by atomic mass is 32.1. The highest BCUT2D eigenvalue weighted by Gasteiger charge is 2.09. The standard InChI is InChI=1S/C16H12N4S/c1-2-4-13-11(3-1)9-15(18-14-5-7-17-20-14)19-16(13)12-6-8-21-10-12/h1-10H,(H2,17,18,19,20). The van der Waals surface area contributed by atoms with Crippen LogP contribution in [0.15, 0.2) is 59.4 Å². The van der Waals surface area contributed by atoms with Crippen molar-refractivity contribution in [3.63, 3.8) is 0 Å². The van der Waals surface area contributed by atoms with Gasteiger partial charge in [0, 0.05) is 28.6 Å². The Hall–Kier alpha value is -2.66. The van der Waals surface area contributed by atoms with Crippen LogP contribution in [0.2, 0.25) is 0 Å². The molecule has 4 rings (SSSR count). The summed E-state index contributed by atoms with van der Waals surface area (Å²) in [5.74, 6) is 1.55. The number of hydrogen-bond acceptors (Lipinski definition) is 4. The molecule has 0 amide bonds. The van der Waals surface area contributed by atoms with Crippen LogP contribution in [0, 0.1) is 0 Å². The fraction of sp³-hybridized carbons (Fsp3) is 0. The predicted molar refractivity (Wildman–Crippen MR) is 86.9 cm³/mol. The van der Waals surface area contributed by atoms with Crippen molar-refractivity contribution in [2.24, 2.45) is 0 Å². The number of benzene rings is 1. The van der Waals surface area contributed by atoms with E-state index in [1.165, 1.54) is 0 Å². The summed E-state index contributed by atoms with van der Waals surface area (Å²) >= 11 is 1.68. The summed E-state index contributed by atoms with van der Waals surface area (Å²) in [5, 5.41) is 16.6. The molecule has 0 saturated carbocycles. The number of nitrogens with zero attached hydrogens (tertiary/aromatic N) is 2. The number of H-pyrrole nitrogens is 1. The zero-order valence-electron chi connectivity index (χ0n) is 11.1. The fourth-order valence-electron chi connectivity index (χ4n) is 2.34. The molecule has 2 N–H and O–H groups in total. The summed E-state index contributed by atoms with van der Waals surface area (Å²) < 4.78 is 0. The van der Waals surface area contributed by atoms with E-state index in [0.717, 1.165) is 33.7 Å². The molecule has 0 fully saturated rings. The molecule has 0 aliphatic carbocycles. The minimum Gasteiger partial charge on any atom is -0.323 e. The van der Waals surface area contributed by atoms with Gasteiger partial charge in [0.15, 0.2) is 5.82 Å². The molecule has 3 aromatic heterocycles. The molecular weight excluding hydrogens is 280 g/mol. The van der Waals surface area contributed by atoms with E-state index in [2.05, 4.69) is 44.5 Å². The van der Waals surface area contributed by atoms with Crippen molar-refractivity contribution in [1.29, 1.82) is 0 Å². The second kappa shape index (κ2) is 5.03. The summed E-state index contributed by atoms with van der Waals surface area (Å²) in [6, 6.07) is 14.3. The van der Waals surface area contributed by atoms with Gasteiger partial charge < -0.3 is 5.32 Å². The van der Waals surface area contributed by atoms with Crippen molar-refractivity contribution < 1.29 is 0 Å². The van der Waals surface area contributed by atoms with Gasteiger partial charge in [0.25, 0.3) is 0 Å². The molecule has 0 bridgehead atoms. The van der Waals surface area contributed by atoms with Crippen molar-refractivity contribution in [3.8, 4) is 11.3 Å². The van der Waals surface area contributed by atoms with E-state index in [1.807, 2.05) is 24.3 Å². The molecule has 1 aromatic carbocycles. The monoisotopic (exact) mass is 292 g/mol. The number of pyridine rings is 1. The summed E-state index contributed by atoms with van der Waals surface area (Å²) in [6.07, 6.45) is 1.78. The number of aromatic amines is 1. The SMILES string of the molecule is c1ccc2c(-c3ccsc3)nc(Nc3cc[nH]n3)cc2c1. The van der Waals surface area contributed by atoms with Gasteiger partial charge in [-0.2, -0.15) is 16.4 Å². The van der Waals surface area contributed by atoms with Gasteiger partial charge >= 0.3 is 0 Å². The van der Waals surface area contributed by atoms with E-state index in [-0.39, 0.29) is 0 Å². The first-order valence-electron chi connectivity index (χ1n) is 6.59. The van der Waals surface area contributed by atoms with Gasteiger partial charge in [-0.25, -0.2) is 4.98 Å². The van der Waals surface area contributed by atoms with Crippen LogP contribution < -0.4 is 5.32 Å². The largest absolute Gasteiger partial charge is 0.323 e. The molecular formula is C16H12N4S. The Morgan fingerprint density at radius 3 is 2.81 bits per heavy atom. The molecule has 0 saturated heterocycles. The van der Waals surface area contributed by atoms with E-state index in [0.29, 0.717) is 0 Å². The molecule has 5 heteroatoms. The van der Waals surface area contributed by atoms with Crippen LogP contribution in [0.5, 0.6) is 0 Å². The Kier molecular flexibility index (Phi) is 2.90. The molecule has 4 aromatic rings. The molecule has 21 heavy (non-hydrogen) atoms. The minimum atomic E-state index is 0.758. The third kappa shape index (κ3) is 2.28. The lowest BCUT2D eigenvalue weighted by atomic mass is 10.1. The first-order valence-corrected chi connectivity index (χ1v) is 7.53. The van der Waals surface area contributed by atoms with Crippen LogP contribution in [0.4, 0.5) is 11.6 Å². The molecule has 3 heterocycles. The van der Waals surface area contributed by atoms with E-state index in [4.69, 9.17) is 4.98 Å². The summed E-state index contributed by atoms with van der Waals surface area (Å²) in [4.78, 5) is 4.76. The smallest absolute Gasteiger partial charge is 0.153 e. The molecule has 4 nitrogen and oxygen atoms in total. The number of hydrogen-bond donors (Lipinski definition) is 2. The quantitative estimate of drug-likeness (QED) is 0.587. The van der Waals surface area contributed by atoms with Crippen LogP contribution in [0.1, 0.15) is 0 Å². The predicted octanol–water partition coefficient (Wildman–Crippen LogP) is 4.43. The Morgan fingerprint density at radius 1 is 1.05 bits per heavy atom. The first-order chi connectivity index (χ1) is 10.4. The van der Waals surface area contributed by atoms with E-state index < -0.39 is 0 Å². The maximum atomic E-state index is 4.76. The van der Waals surface area contributed by atoms with Crippen LogP contribution in [0.3, 0.4) is 0 Å². The van der Waals surface area contributed by atoms with Gasteiger partial charge in [0.1, 0.15) is 5.82 Å². The highest BCUT2D eigenvalue weighted by Crippen LogP contribution is 2.31. The van der Waals surface area contributed by atoms with E-state index in [9.17, 15) is 0 Å². The fourth-order valence-corrected chi connectivity index (χ4v) is 2.98. The maximum Gasteiger partial charge on any atom is 0.153 e. The van der Waals surface area contributed by atoms with Crippen molar-refractivity contribution in [1.82, 2.24) is 15.2 Å². The van der Waals surface area contributed by atoms with Crippen molar-refractivity contribution in [2.45, 2.75) is 0 Å². The van der Waals surface area contributed by atoms with Gasteiger partial charge in [-0.05, 0) is 22.9 Å². The minimum absolute atomic E-state index is 0.758. The van der Waals surface area contributed by atoms with Crippen molar-refractivity contribution in [2.75, 3.05) is 5.32 Å². The molecule has 0 radical (unpaired) electrons. The first kappa shape index (κ1) is 12.1. The van der Waals surface area contributed by atoms with Gasteiger partial charge in [0.2, 0.25) is 0 Å². The number of rotatable bonds is 3. The molecule has 0 aliphatic heterocycles. The average molecular weight is 292 g/mol. The van der Waals surface area contributed by atoms with Crippen molar-refractivity contribution in [3.05, 3.63) is 59.4 Å². The van der Waals surface area contributed by atoms with Crippen molar-refractivity contribution >= 4 is 33.7 Å². The van der Waals surface area contributed by atoms with Gasteiger partial charge in [-0.15, -0.1) is 0 Å². The van der Waals surface area contributed by atoms with Crippen LogP contribution in [-0.2, 0) is 0 Å². The second-order valence-electron chi connectivity index (χ2n) is 4.67. The van der Waals surface area contributed by atoms with Crippen LogP contribution in [-0.4, -0.2) is 15.2 Å². The third-order valence-corrected chi connectivity index (χ3v) is 3.98. The Bertz CT molecular complexity index is 867. The summed E-state index contributed by atoms with van der Waals surface area (Å²) in [6.45, 7) is 0. The van der Waals surface area contributed by atoms with Gasteiger partial charge in [-0.3, -0.25) is 5.10 Å². The lowest BCUT2D eigenvalue weighted by molar-refractivity contribution is 1.09. The van der Waals surface area contributed by atoms with Gasteiger partial charge in [-0.1, -0.05) is 24.3 Å². The lowest BCUT2D eigenvalue weighted by Crippen LogP contribution is -1.96. The summed E-state index contributed by atoms with van der Waals surface area (Å²) in [7, 11) is 0. The number of fused-ring (bicyclic) bond motifs is 1. The number of nitrogens with one attached hydrogen (secondary N) is 2. The molecule has 0 spiro atoms. The summed E-state index contributed by atoms with van der Waals surface area (Å²) in [5.41, 5.74) is 2.13. The van der Waals surface area contributed by atoms with Crippen LogP contribution >= 0.6 is 11.3 Å². The molecule has 0 unspecified atom stereocenters. The average Bonchev–Trinajstić information content (AvgIpc) is 3.20. The van der Waals surface area contributed by atoms with Gasteiger partial charge in [0.05, 0.1) is 5.69 Å². The zero-order chi connectivity index (χ0) is 14.1. The second-order valence-corrected chi connectivity index (χ2v) is 5.45. The molecule has 0 aliphatic rings. The molecule has 0 atom stereocenters. The molecule has 102 valence electrons. The zero-order valence-corrected chi connectivity index (χ0v) is 11.9.